The van der Waals surface area contributed by atoms with Crippen molar-refractivity contribution in [3.8, 4) is 0 Å². The van der Waals surface area contributed by atoms with Gasteiger partial charge >= 0.3 is 7.82 Å². The molecule has 0 spiro atoms. The van der Waals surface area contributed by atoms with Gasteiger partial charge in [0.25, 0.3) is 0 Å². The summed E-state index contributed by atoms with van der Waals surface area (Å²) in [5.41, 5.74) is 0. The van der Waals surface area contributed by atoms with E-state index in [2.05, 4.69) is 24.4 Å². The van der Waals surface area contributed by atoms with Gasteiger partial charge in [-0.15, -0.1) is 0 Å². The van der Waals surface area contributed by atoms with Crippen LogP contribution in [0, 0.1) is 0 Å². The lowest BCUT2D eigenvalue weighted by Gasteiger charge is -2.25. The third-order valence-electron chi connectivity index (χ3n) is 6.21. The van der Waals surface area contributed by atoms with Crippen LogP contribution in [0.3, 0.4) is 0 Å². The molecule has 0 aromatic heterocycles. The zero-order valence-corrected chi connectivity index (χ0v) is 25.8. The molecule has 0 aliphatic rings. The molecule has 0 radical (unpaired) electrons. The number of phosphoric acid groups is 1. The quantitative estimate of drug-likeness (QED) is 0.0524. The Hall–Kier alpha value is -1.02. The minimum atomic E-state index is -4.29. The van der Waals surface area contributed by atoms with Crippen molar-refractivity contribution in [3.63, 3.8) is 0 Å². The summed E-state index contributed by atoms with van der Waals surface area (Å²) in [7, 11) is 1.54. The van der Waals surface area contributed by atoms with Crippen LogP contribution in [-0.2, 0) is 18.4 Å². The van der Waals surface area contributed by atoms with Crippen LogP contribution in [0.15, 0.2) is 24.3 Å². The number of hydrogen-bond donors (Lipinski definition) is 3. The number of amides is 1. The lowest BCUT2D eigenvalue weighted by molar-refractivity contribution is -0.870. The number of hydrogen-bond acceptors (Lipinski definition) is 5. The summed E-state index contributed by atoms with van der Waals surface area (Å²) in [5, 5.41) is 13.0. The van der Waals surface area contributed by atoms with Crippen molar-refractivity contribution in [2.45, 2.75) is 116 Å². The van der Waals surface area contributed by atoms with Crippen LogP contribution in [0.4, 0.5) is 0 Å². The molecule has 224 valence electrons. The molecule has 0 fully saturated rings. The third kappa shape index (κ3) is 25.3. The summed E-state index contributed by atoms with van der Waals surface area (Å²) >= 11 is 0. The van der Waals surface area contributed by atoms with E-state index < -0.39 is 20.0 Å². The second-order valence-corrected chi connectivity index (χ2v) is 12.7. The minimum absolute atomic E-state index is 0.0529. The Morgan fingerprint density at radius 1 is 0.868 bits per heavy atom. The van der Waals surface area contributed by atoms with Crippen LogP contribution in [0.1, 0.15) is 104 Å². The number of aliphatic hydroxyl groups is 1. The van der Waals surface area contributed by atoms with Crippen LogP contribution in [-0.4, -0.2) is 73.4 Å². The maximum Gasteiger partial charge on any atom is 0.472 e. The fraction of sp³-hybridized carbons (Fsp3) is 0.828. The number of quaternary nitrogens is 1. The van der Waals surface area contributed by atoms with E-state index in [9.17, 15) is 19.4 Å². The van der Waals surface area contributed by atoms with E-state index in [1.807, 2.05) is 27.2 Å². The fourth-order valence-electron chi connectivity index (χ4n) is 3.85. The fourth-order valence-corrected chi connectivity index (χ4v) is 4.59. The predicted octanol–water partition coefficient (Wildman–Crippen LogP) is 6.29. The van der Waals surface area contributed by atoms with Crippen molar-refractivity contribution >= 4 is 13.7 Å². The first-order valence-corrected chi connectivity index (χ1v) is 16.2. The van der Waals surface area contributed by atoms with E-state index in [4.69, 9.17) is 9.05 Å². The smallest absolute Gasteiger partial charge is 0.387 e. The van der Waals surface area contributed by atoms with E-state index >= 15 is 0 Å². The molecule has 1 amide bonds. The van der Waals surface area contributed by atoms with E-state index in [1.165, 1.54) is 77.6 Å². The highest BCUT2D eigenvalue weighted by atomic mass is 31.2. The molecule has 0 aromatic rings. The number of rotatable bonds is 25. The highest BCUT2D eigenvalue weighted by Gasteiger charge is 2.27. The number of nitrogens with zero attached hydrogens (tertiary/aromatic N) is 1. The molecule has 0 heterocycles. The Morgan fingerprint density at radius 3 is 1.95 bits per heavy atom. The number of allylic oxidation sites excluding steroid dienone is 3. The highest BCUT2D eigenvalue weighted by molar-refractivity contribution is 7.47. The average molecular weight is 562 g/mol. The maximum absolute atomic E-state index is 12.1. The molecule has 0 rings (SSSR count). The van der Waals surface area contributed by atoms with Gasteiger partial charge in [-0.05, 0) is 25.7 Å². The molecule has 8 nitrogen and oxygen atoms in total. The second-order valence-electron chi connectivity index (χ2n) is 11.2. The topological polar surface area (TPSA) is 105 Å². The molecule has 0 saturated heterocycles. The van der Waals surface area contributed by atoms with Crippen molar-refractivity contribution in [1.29, 1.82) is 0 Å². The molecule has 0 aliphatic carbocycles. The van der Waals surface area contributed by atoms with Gasteiger partial charge in [0.1, 0.15) is 13.2 Å². The van der Waals surface area contributed by atoms with Crippen molar-refractivity contribution in [3.05, 3.63) is 24.3 Å². The summed E-state index contributed by atoms with van der Waals surface area (Å²) in [4.78, 5) is 21.4. The van der Waals surface area contributed by atoms with Crippen LogP contribution in [0.2, 0.25) is 0 Å². The molecule has 0 aliphatic heterocycles. The Morgan fingerprint density at radius 2 is 1.39 bits per heavy atom. The van der Waals surface area contributed by atoms with Gasteiger partial charge in [-0.25, -0.2) is 4.57 Å². The standard InChI is InChI=1S/C29H57N2O6P/c1-6-7-8-9-10-11-12-13-14-15-16-17-18-19-20-21-22-23-29(33)28(30-27(2)32)26-37-38(34,35)36-25-24-31(3,4)5/h18-19,22-23,28-29,33H,6-17,20-21,24-26H2,1-5H3,(H-,30,32,34,35)/p+1/b19-18+,23-22+. The number of carbonyl (C=O) groups excluding carboxylic acids is 1. The number of carbonyl (C=O) groups is 1. The molecular weight excluding hydrogens is 503 g/mol. The van der Waals surface area contributed by atoms with Gasteiger partial charge in [0.2, 0.25) is 5.91 Å². The summed E-state index contributed by atoms with van der Waals surface area (Å²) in [6.45, 7) is 3.82. The third-order valence-corrected chi connectivity index (χ3v) is 7.19. The van der Waals surface area contributed by atoms with Crippen molar-refractivity contribution in [2.75, 3.05) is 40.9 Å². The van der Waals surface area contributed by atoms with Crippen molar-refractivity contribution < 1.29 is 32.9 Å². The van der Waals surface area contributed by atoms with Gasteiger partial charge in [0.15, 0.2) is 0 Å². The largest absolute Gasteiger partial charge is 0.472 e. The second kappa shape index (κ2) is 22.8. The summed E-state index contributed by atoms with van der Waals surface area (Å²) in [6, 6.07) is -0.858. The molecule has 0 aromatic carbocycles. The number of phosphoric ester groups is 1. The molecule has 9 heteroatoms. The molecule has 3 atom stereocenters. The normalized spacial score (nSPS) is 15.7. The van der Waals surface area contributed by atoms with Crippen LogP contribution in [0.5, 0.6) is 0 Å². The van der Waals surface area contributed by atoms with Gasteiger partial charge in [0, 0.05) is 6.92 Å². The first-order chi connectivity index (χ1) is 18.0. The molecule has 3 N–H and O–H groups in total. The molecule has 3 unspecified atom stereocenters. The molecular formula is C29H58N2O6P+. The Labute approximate surface area is 233 Å². The van der Waals surface area contributed by atoms with E-state index in [0.29, 0.717) is 11.0 Å². The number of unbranched alkanes of at least 4 members (excludes halogenated alkanes) is 12. The van der Waals surface area contributed by atoms with E-state index in [1.54, 1.807) is 6.08 Å². The number of likely N-dealkylation sites (N-methyl/N-ethyl adjacent to an activating group) is 1. The van der Waals surface area contributed by atoms with Crippen molar-refractivity contribution in [2.24, 2.45) is 0 Å². The van der Waals surface area contributed by atoms with Crippen LogP contribution >= 0.6 is 7.82 Å². The summed E-state index contributed by atoms with van der Waals surface area (Å²) in [6.07, 6.45) is 24.4. The lowest BCUT2D eigenvalue weighted by atomic mass is 10.1. The molecule has 0 saturated carbocycles. The summed E-state index contributed by atoms with van der Waals surface area (Å²) in [5.74, 6) is -0.366. The lowest BCUT2D eigenvalue weighted by Crippen LogP contribution is -2.44. The zero-order chi connectivity index (χ0) is 28.7. The number of aliphatic hydroxyl groups excluding tert-OH is 1. The van der Waals surface area contributed by atoms with Gasteiger partial charge in [-0.3, -0.25) is 13.8 Å². The monoisotopic (exact) mass is 561 g/mol. The number of nitrogens with one attached hydrogen (secondary N) is 1. The van der Waals surface area contributed by atoms with Gasteiger partial charge in [-0.2, -0.15) is 0 Å². The Kier molecular flexibility index (Phi) is 22.1. The maximum atomic E-state index is 12.1. The van der Waals surface area contributed by atoms with E-state index in [0.717, 1.165) is 19.3 Å². The average Bonchev–Trinajstić information content (AvgIpc) is 2.82. The highest BCUT2D eigenvalue weighted by Crippen LogP contribution is 2.43. The SMILES string of the molecule is CCCCCCCCCCCCC/C=C/CC/C=C/C(O)C(COP(=O)(O)OCC[N+](C)(C)C)NC(C)=O. The Balaban J connectivity index is 4.08. The van der Waals surface area contributed by atoms with Gasteiger partial charge < -0.3 is 19.8 Å². The first-order valence-electron chi connectivity index (χ1n) is 14.7. The Bertz CT molecular complexity index is 693. The predicted molar refractivity (Wildman–Crippen MR) is 157 cm³/mol. The van der Waals surface area contributed by atoms with Crippen LogP contribution in [0.25, 0.3) is 0 Å². The van der Waals surface area contributed by atoms with Crippen LogP contribution < -0.4 is 5.32 Å². The zero-order valence-electron chi connectivity index (χ0n) is 24.9. The van der Waals surface area contributed by atoms with Crippen molar-refractivity contribution in [1.82, 2.24) is 5.32 Å². The van der Waals surface area contributed by atoms with E-state index in [-0.39, 0.29) is 19.1 Å². The first kappa shape index (κ1) is 37.0. The molecule has 38 heavy (non-hydrogen) atoms. The summed E-state index contributed by atoms with van der Waals surface area (Å²) < 4.78 is 22.7. The van der Waals surface area contributed by atoms with Gasteiger partial charge in [0.05, 0.1) is 39.9 Å². The van der Waals surface area contributed by atoms with Gasteiger partial charge in [-0.1, -0.05) is 95.4 Å². The minimum Gasteiger partial charge on any atom is -0.387 e. The molecule has 0 bridgehead atoms.